The lowest BCUT2D eigenvalue weighted by Gasteiger charge is -2.15. The molecule has 1 atom stereocenters. The third-order valence-corrected chi connectivity index (χ3v) is 7.29. The normalized spacial score (nSPS) is 14.9. The van der Waals surface area contributed by atoms with Crippen molar-refractivity contribution in [3.63, 3.8) is 0 Å². The number of aromatic nitrogens is 2. The predicted molar refractivity (Wildman–Crippen MR) is 120 cm³/mol. The van der Waals surface area contributed by atoms with Crippen molar-refractivity contribution < 1.29 is 9.53 Å². The average Bonchev–Trinajstić information content (AvgIpc) is 3.04. The first-order valence-electron chi connectivity index (χ1n) is 10.4. The highest BCUT2D eigenvalue weighted by Crippen LogP contribution is 2.34. The van der Waals surface area contributed by atoms with Gasteiger partial charge in [-0.05, 0) is 50.5 Å². The zero-order chi connectivity index (χ0) is 21.0. The number of fused-ring (bicyclic) bond motifs is 3. The van der Waals surface area contributed by atoms with Gasteiger partial charge in [-0.2, -0.15) is 0 Å². The summed E-state index contributed by atoms with van der Waals surface area (Å²) in [6.07, 6.45) is 5.25. The molecule has 2 heterocycles. The van der Waals surface area contributed by atoms with Gasteiger partial charge in [0.25, 0.3) is 5.56 Å². The van der Waals surface area contributed by atoms with Crippen LogP contribution in [-0.4, -0.2) is 41.0 Å². The lowest BCUT2D eigenvalue weighted by Crippen LogP contribution is -2.36. The third kappa shape index (κ3) is 5.41. The van der Waals surface area contributed by atoms with Crippen LogP contribution in [0.2, 0.25) is 0 Å². The molecule has 1 N–H and O–H groups in total. The van der Waals surface area contributed by atoms with E-state index in [4.69, 9.17) is 9.72 Å². The molecule has 29 heavy (non-hydrogen) atoms. The van der Waals surface area contributed by atoms with Crippen LogP contribution >= 0.6 is 23.1 Å². The number of aryl methyl sites for hydroxylation is 2. The first-order valence-corrected chi connectivity index (χ1v) is 12.2. The van der Waals surface area contributed by atoms with Crippen molar-refractivity contribution in [3.8, 4) is 0 Å². The number of thiophene rings is 1. The second-order valence-corrected chi connectivity index (χ2v) is 10.2. The minimum atomic E-state index is -0.0743. The maximum Gasteiger partial charge on any atom is 0.263 e. The minimum Gasteiger partial charge on any atom is -0.383 e. The van der Waals surface area contributed by atoms with Gasteiger partial charge in [-0.1, -0.05) is 25.6 Å². The van der Waals surface area contributed by atoms with Crippen molar-refractivity contribution >= 4 is 39.2 Å². The second-order valence-electron chi connectivity index (χ2n) is 8.14. The smallest absolute Gasteiger partial charge is 0.263 e. The Bertz CT molecular complexity index is 920. The highest BCUT2D eigenvalue weighted by molar-refractivity contribution is 7.99. The fraction of sp³-hybridized carbons (Fsp3) is 0.667. The van der Waals surface area contributed by atoms with Gasteiger partial charge in [0, 0.05) is 24.6 Å². The molecule has 2 aromatic rings. The first kappa shape index (κ1) is 22.3. The molecule has 6 nitrogen and oxygen atoms in total. The van der Waals surface area contributed by atoms with Gasteiger partial charge >= 0.3 is 0 Å². The summed E-state index contributed by atoms with van der Waals surface area (Å²) in [5.41, 5.74) is 1.28. The van der Waals surface area contributed by atoms with Crippen LogP contribution in [0.3, 0.4) is 0 Å². The summed E-state index contributed by atoms with van der Waals surface area (Å²) in [6, 6.07) is -0.0457. The van der Waals surface area contributed by atoms with Crippen LogP contribution in [0.5, 0.6) is 0 Å². The Morgan fingerprint density at radius 2 is 2.07 bits per heavy atom. The number of nitrogens with zero attached hydrogens (tertiary/aromatic N) is 2. The van der Waals surface area contributed by atoms with Crippen molar-refractivity contribution in [2.45, 2.75) is 70.6 Å². The summed E-state index contributed by atoms with van der Waals surface area (Å²) >= 11 is 3.01. The molecule has 0 radical (unpaired) electrons. The van der Waals surface area contributed by atoms with Gasteiger partial charge in [0.15, 0.2) is 5.16 Å². The molecular formula is C21H31N3O3S2. The molecule has 3 rings (SSSR count). The molecule has 2 aromatic heterocycles. The van der Waals surface area contributed by atoms with E-state index >= 15 is 0 Å². The number of carbonyl (C=O) groups is 1. The standard InChI is InChI=1S/C21H31N3O3S2/c1-13(2)9-10-24-20(26)18-15-7-5-6-8-16(15)29-19(18)23-21(24)28-12-17(25)22-14(3)11-27-4/h13-14H,5-12H2,1-4H3,(H,22,25). The highest BCUT2D eigenvalue weighted by atomic mass is 32.2. The van der Waals surface area contributed by atoms with Gasteiger partial charge in [-0.25, -0.2) is 4.98 Å². The summed E-state index contributed by atoms with van der Waals surface area (Å²) in [7, 11) is 1.62. The monoisotopic (exact) mass is 437 g/mol. The van der Waals surface area contributed by atoms with Crippen molar-refractivity contribution in [2.24, 2.45) is 5.92 Å². The molecule has 0 spiro atoms. The van der Waals surface area contributed by atoms with Gasteiger partial charge < -0.3 is 10.1 Å². The molecule has 0 bridgehead atoms. The first-order chi connectivity index (χ1) is 13.9. The maximum atomic E-state index is 13.4. The van der Waals surface area contributed by atoms with Crippen molar-refractivity contribution in [1.29, 1.82) is 0 Å². The van der Waals surface area contributed by atoms with E-state index in [1.165, 1.54) is 28.6 Å². The number of thioether (sulfide) groups is 1. The topological polar surface area (TPSA) is 73.2 Å². The maximum absolute atomic E-state index is 13.4. The van der Waals surface area contributed by atoms with Gasteiger partial charge in [0.1, 0.15) is 4.83 Å². The van der Waals surface area contributed by atoms with E-state index < -0.39 is 0 Å². The van der Waals surface area contributed by atoms with Gasteiger partial charge in [-0.15, -0.1) is 11.3 Å². The number of ether oxygens (including phenoxy) is 1. The summed E-state index contributed by atoms with van der Waals surface area (Å²) < 4.78 is 6.86. The van der Waals surface area contributed by atoms with Crippen LogP contribution in [0.25, 0.3) is 10.2 Å². The molecule has 1 aliphatic carbocycles. The largest absolute Gasteiger partial charge is 0.383 e. The molecule has 1 unspecified atom stereocenters. The summed E-state index contributed by atoms with van der Waals surface area (Å²) in [5.74, 6) is 0.651. The molecule has 0 saturated carbocycles. The fourth-order valence-electron chi connectivity index (χ4n) is 3.65. The fourth-order valence-corrected chi connectivity index (χ4v) is 5.79. The zero-order valence-electron chi connectivity index (χ0n) is 17.7. The van der Waals surface area contributed by atoms with E-state index in [-0.39, 0.29) is 23.3 Å². The second kappa shape index (κ2) is 10.1. The Morgan fingerprint density at radius 1 is 1.31 bits per heavy atom. The number of rotatable bonds is 9. The van der Waals surface area contributed by atoms with Crippen molar-refractivity contribution in [1.82, 2.24) is 14.9 Å². The Morgan fingerprint density at radius 3 is 2.79 bits per heavy atom. The molecular weight excluding hydrogens is 406 g/mol. The number of methoxy groups -OCH3 is 1. The van der Waals surface area contributed by atoms with E-state index in [0.717, 1.165) is 35.9 Å². The molecule has 1 amide bonds. The molecule has 0 fully saturated rings. The van der Waals surface area contributed by atoms with Crippen molar-refractivity contribution in [3.05, 3.63) is 20.8 Å². The van der Waals surface area contributed by atoms with Crippen LogP contribution in [0.4, 0.5) is 0 Å². The number of hydrogen-bond acceptors (Lipinski definition) is 6. The third-order valence-electron chi connectivity index (χ3n) is 5.13. The Hall–Kier alpha value is -1.38. The molecule has 1 aliphatic rings. The van der Waals surface area contributed by atoms with Crippen LogP contribution in [-0.2, 0) is 28.9 Å². The molecule has 0 aliphatic heterocycles. The zero-order valence-corrected chi connectivity index (χ0v) is 19.4. The molecule has 160 valence electrons. The van der Waals surface area contributed by atoms with Crippen LogP contribution in [0.15, 0.2) is 9.95 Å². The van der Waals surface area contributed by atoms with Crippen LogP contribution in [0, 0.1) is 5.92 Å². The summed E-state index contributed by atoms with van der Waals surface area (Å²) in [5, 5.41) is 4.38. The SMILES string of the molecule is COCC(C)NC(=O)CSc1nc2sc3c(c2c(=O)n1CCC(C)C)CCCC3. The average molecular weight is 438 g/mol. The lowest BCUT2D eigenvalue weighted by molar-refractivity contribution is -0.119. The van der Waals surface area contributed by atoms with Crippen LogP contribution < -0.4 is 10.9 Å². The number of amides is 1. The minimum absolute atomic E-state index is 0.0457. The molecule has 0 saturated heterocycles. The number of nitrogens with one attached hydrogen (secondary N) is 1. The van der Waals surface area contributed by atoms with Gasteiger partial charge in [0.05, 0.1) is 17.7 Å². The van der Waals surface area contributed by atoms with Crippen molar-refractivity contribution in [2.75, 3.05) is 19.5 Å². The van der Waals surface area contributed by atoms with E-state index in [2.05, 4.69) is 19.2 Å². The van der Waals surface area contributed by atoms with Crippen LogP contribution in [0.1, 0.15) is 50.5 Å². The summed E-state index contributed by atoms with van der Waals surface area (Å²) in [6.45, 7) is 7.32. The Balaban J connectivity index is 1.89. The van der Waals surface area contributed by atoms with E-state index in [0.29, 0.717) is 24.2 Å². The van der Waals surface area contributed by atoms with E-state index in [1.54, 1.807) is 23.0 Å². The summed E-state index contributed by atoms with van der Waals surface area (Å²) in [4.78, 5) is 32.7. The van der Waals surface area contributed by atoms with Gasteiger partial charge in [-0.3, -0.25) is 14.2 Å². The lowest BCUT2D eigenvalue weighted by atomic mass is 9.97. The molecule has 8 heteroatoms. The van der Waals surface area contributed by atoms with E-state index in [1.807, 2.05) is 6.92 Å². The molecule has 0 aromatic carbocycles. The number of carbonyl (C=O) groups excluding carboxylic acids is 1. The quantitative estimate of drug-likeness (QED) is 0.479. The predicted octanol–water partition coefficient (Wildman–Crippen LogP) is 3.63. The van der Waals surface area contributed by atoms with Gasteiger partial charge in [0.2, 0.25) is 5.91 Å². The Labute approximate surface area is 180 Å². The van der Waals surface area contributed by atoms with E-state index in [9.17, 15) is 9.59 Å². The highest BCUT2D eigenvalue weighted by Gasteiger charge is 2.22. The Kier molecular flexibility index (Phi) is 7.76. The number of hydrogen-bond donors (Lipinski definition) is 1.